The monoisotopic (exact) mass is 468 g/mol. The van der Waals surface area contributed by atoms with Crippen molar-refractivity contribution in [2.24, 2.45) is 5.14 Å². The van der Waals surface area contributed by atoms with Crippen LogP contribution in [-0.2, 0) is 30.8 Å². The van der Waals surface area contributed by atoms with Gasteiger partial charge in [-0.25, -0.2) is 18.4 Å². The minimum Gasteiger partial charge on any atom is -0.452 e. The normalized spacial score (nSPS) is 16.0. The number of benzene rings is 2. The van der Waals surface area contributed by atoms with E-state index in [0.29, 0.717) is 33.3 Å². The largest absolute Gasteiger partial charge is 0.452 e. The predicted octanol–water partition coefficient (Wildman–Crippen LogP) is 3.18. The molecule has 2 aromatic rings. The Labute approximate surface area is 184 Å². The average molecular weight is 469 g/mol. The molecule has 0 aromatic heterocycles. The SMILES string of the molecule is CC1Cc2cc(S(N)(=O)=O)ccc2N1C(=O)COC(=O)/C=C/c1ccc(Cl)c(Cl)c1. The molecular weight excluding hydrogens is 451 g/mol. The fraction of sp³-hybridized carbons (Fsp3) is 0.200. The molecule has 1 unspecified atom stereocenters. The second-order valence-corrected chi connectivity index (χ2v) is 9.14. The molecular formula is C20H18Cl2N2O5S. The molecule has 1 aliphatic heterocycles. The van der Waals surface area contributed by atoms with Gasteiger partial charge in [-0.05, 0) is 60.9 Å². The van der Waals surface area contributed by atoms with Gasteiger partial charge in [0.2, 0.25) is 10.0 Å². The van der Waals surface area contributed by atoms with E-state index in [-0.39, 0.29) is 10.9 Å². The summed E-state index contributed by atoms with van der Waals surface area (Å²) >= 11 is 11.8. The quantitative estimate of drug-likeness (QED) is 0.535. The van der Waals surface area contributed by atoms with Crippen molar-refractivity contribution in [3.05, 3.63) is 63.6 Å². The van der Waals surface area contributed by atoms with Crippen molar-refractivity contribution < 1.29 is 22.7 Å². The molecule has 1 heterocycles. The van der Waals surface area contributed by atoms with Gasteiger partial charge in [0.25, 0.3) is 5.91 Å². The van der Waals surface area contributed by atoms with Gasteiger partial charge in [0.05, 0.1) is 14.9 Å². The number of carbonyl (C=O) groups is 2. The molecule has 0 saturated carbocycles. The van der Waals surface area contributed by atoms with Gasteiger partial charge in [-0.3, -0.25) is 4.79 Å². The zero-order chi connectivity index (χ0) is 22.1. The second-order valence-electron chi connectivity index (χ2n) is 6.77. The Morgan fingerprint density at radius 3 is 2.60 bits per heavy atom. The van der Waals surface area contributed by atoms with Crippen LogP contribution in [0.1, 0.15) is 18.1 Å². The van der Waals surface area contributed by atoms with E-state index < -0.39 is 28.5 Å². The van der Waals surface area contributed by atoms with Gasteiger partial charge in [0, 0.05) is 17.8 Å². The minimum atomic E-state index is -3.83. The number of rotatable bonds is 5. The Kier molecular flexibility index (Phi) is 6.52. The number of hydrogen-bond acceptors (Lipinski definition) is 5. The summed E-state index contributed by atoms with van der Waals surface area (Å²) < 4.78 is 28.1. The molecule has 1 amide bonds. The summed E-state index contributed by atoms with van der Waals surface area (Å²) in [4.78, 5) is 26.0. The maximum absolute atomic E-state index is 12.6. The van der Waals surface area contributed by atoms with Crippen LogP contribution in [0, 0.1) is 0 Å². The van der Waals surface area contributed by atoms with E-state index in [1.807, 2.05) is 6.92 Å². The lowest BCUT2D eigenvalue weighted by molar-refractivity contribution is -0.143. The van der Waals surface area contributed by atoms with Crippen molar-refractivity contribution in [3.8, 4) is 0 Å². The Balaban J connectivity index is 1.64. The van der Waals surface area contributed by atoms with Gasteiger partial charge < -0.3 is 9.64 Å². The number of anilines is 1. The highest BCUT2D eigenvalue weighted by Gasteiger charge is 2.32. The number of hydrogen-bond donors (Lipinski definition) is 1. The Hall–Kier alpha value is -2.39. The fourth-order valence-corrected chi connectivity index (χ4v) is 4.07. The fourth-order valence-electron chi connectivity index (χ4n) is 3.20. The first-order valence-corrected chi connectivity index (χ1v) is 11.1. The number of fused-ring (bicyclic) bond motifs is 1. The first kappa shape index (κ1) is 22.3. The van der Waals surface area contributed by atoms with Crippen molar-refractivity contribution in [2.75, 3.05) is 11.5 Å². The van der Waals surface area contributed by atoms with E-state index in [4.69, 9.17) is 33.1 Å². The first-order valence-electron chi connectivity index (χ1n) is 8.84. The Morgan fingerprint density at radius 2 is 1.93 bits per heavy atom. The maximum Gasteiger partial charge on any atom is 0.331 e. The number of amides is 1. The van der Waals surface area contributed by atoms with Crippen molar-refractivity contribution in [1.82, 2.24) is 0 Å². The molecule has 10 heteroatoms. The summed E-state index contributed by atoms with van der Waals surface area (Å²) in [7, 11) is -3.83. The summed E-state index contributed by atoms with van der Waals surface area (Å²) in [6, 6.07) is 9.00. The van der Waals surface area contributed by atoms with Crippen molar-refractivity contribution in [1.29, 1.82) is 0 Å². The van der Waals surface area contributed by atoms with Crippen LogP contribution in [0.4, 0.5) is 5.69 Å². The highest BCUT2D eigenvalue weighted by Crippen LogP contribution is 2.33. The zero-order valence-electron chi connectivity index (χ0n) is 15.8. The number of primary sulfonamides is 1. The van der Waals surface area contributed by atoms with E-state index in [2.05, 4.69) is 0 Å². The topological polar surface area (TPSA) is 107 Å². The second kappa shape index (κ2) is 8.77. The van der Waals surface area contributed by atoms with E-state index in [0.717, 1.165) is 0 Å². The van der Waals surface area contributed by atoms with E-state index in [1.165, 1.54) is 35.3 Å². The van der Waals surface area contributed by atoms with Gasteiger partial charge in [0.15, 0.2) is 6.61 Å². The van der Waals surface area contributed by atoms with Crippen LogP contribution in [0.25, 0.3) is 6.08 Å². The predicted molar refractivity (Wildman–Crippen MR) is 115 cm³/mol. The van der Waals surface area contributed by atoms with Crippen LogP contribution in [-0.4, -0.2) is 32.9 Å². The third-order valence-electron chi connectivity index (χ3n) is 4.56. The van der Waals surface area contributed by atoms with Gasteiger partial charge in [0.1, 0.15) is 0 Å². The van der Waals surface area contributed by atoms with Crippen LogP contribution >= 0.6 is 23.2 Å². The van der Waals surface area contributed by atoms with Crippen LogP contribution in [0.3, 0.4) is 0 Å². The summed E-state index contributed by atoms with van der Waals surface area (Å²) in [6.07, 6.45) is 3.15. The highest BCUT2D eigenvalue weighted by molar-refractivity contribution is 7.89. The number of sulfonamides is 1. The molecule has 0 aliphatic carbocycles. The summed E-state index contributed by atoms with van der Waals surface area (Å²) in [6.45, 7) is 1.37. The molecule has 1 atom stereocenters. The molecule has 2 N–H and O–H groups in total. The van der Waals surface area contributed by atoms with E-state index in [1.54, 1.807) is 18.2 Å². The van der Waals surface area contributed by atoms with Crippen LogP contribution < -0.4 is 10.0 Å². The maximum atomic E-state index is 12.6. The molecule has 0 bridgehead atoms. The summed E-state index contributed by atoms with van der Waals surface area (Å²) in [5.74, 6) is -1.10. The molecule has 2 aromatic carbocycles. The van der Waals surface area contributed by atoms with Gasteiger partial charge in [-0.1, -0.05) is 29.3 Å². The summed E-state index contributed by atoms with van der Waals surface area (Å²) in [5, 5.41) is 5.92. The number of carbonyl (C=O) groups excluding carboxylic acids is 2. The van der Waals surface area contributed by atoms with E-state index in [9.17, 15) is 18.0 Å². The molecule has 30 heavy (non-hydrogen) atoms. The summed E-state index contributed by atoms with van der Waals surface area (Å²) in [5.41, 5.74) is 1.91. The minimum absolute atomic E-state index is 0.0124. The van der Waals surface area contributed by atoms with Crippen molar-refractivity contribution in [2.45, 2.75) is 24.3 Å². The standard InChI is InChI=1S/C20H18Cl2N2O5S/c1-12-8-14-10-15(30(23,27)28)4-6-18(14)24(12)19(25)11-29-20(26)7-3-13-2-5-16(21)17(22)9-13/h2-7,9-10,12H,8,11H2,1H3,(H2,23,27,28)/b7-3+. The number of esters is 1. The number of ether oxygens (including phenoxy) is 1. The molecule has 0 spiro atoms. The van der Waals surface area contributed by atoms with Crippen molar-refractivity contribution >= 4 is 56.9 Å². The Morgan fingerprint density at radius 1 is 1.20 bits per heavy atom. The third-order valence-corrected chi connectivity index (χ3v) is 6.21. The molecule has 1 aliphatic rings. The molecule has 7 nitrogen and oxygen atoms in total. The lowest BCUT2D eigenvalue weighted by Crippen LogP contribution is -2.38. The first-order chi connectivity index (χ1) is 14.1. The smallest absolute Gasteiger partial charge is 0.331 e. The van der Waals surface area contributed by atoms with E-state index >= 15 is 0 Å². The number of halogens is 2. The van der Waals surface area contributed by atoms with Crippen molar-refractivity contribution in [3.63, 3.8) is 0 Å². The lowest BCUT2D eigenvalue weighted by atomic mass is 10.1. The van der Waals surface area contributed by atoms with Crippen LogP contribution in [0.5, 0.6) is 0 Å². The van der Waals surface area contributed by atoms with Gasteiger partial charge in [-0.2, -0.15) is 0 Å². The number of nitrogens with zero attached hydrogens (tertiary/aromatic N) is 1. The molecule has 158 valence electrons. The average Bonchev–Trinajstić information content (AvgIpc) is 3.01. The Bertz CT molecular complexity index is 1150. The molecule has 0 saturated heterocycles. The molecule has 3 rings (SSSR count). The van der Waals surface area contributed by atoms with Crippen LogP contribution in [0.15, 0.2) is 47.4 Å². The molecule has 0 fully saturated rings. The van der Waals surface area contributed by atoms with Crippen LogP contribution in [0.2, 0.25) is 10.0 Å². The zero-order valence-corrected chi connectivity index (χ0v) is 18.2. The highest BCUT2D eigenvalue weighted by atomic mass is 35.5. The van der Waals surface area contributed by atoms with Gasteiger partial charge in [-0.15, -0.1) is 0 Å². The third kappa shape index (κ3) is 5.02. The number of nitrogens with two attached hydrogens (primary N) is 1. The molecule has 0 radical (unpaired) electrons. The van der Waals surface area contributed by atoms with Gasteiger partial charge >= 0.3 is 5.97 Å². The lowest BCUT2D eigenvalue weighted by Gasteiger charge is -2.22.